The molecule has 0 bridgehead atoms. The molecule has 1 saturated heterocycles. The summed E-state index contributed by atoms with van der Waals surface area (Å²) in [4.78, 5) is 6.85. The van der Waals surface area contributed by atoms with Crippen LogP contribution in [-0.2, 0) is 5.88 Å². The van der Waals surface area contributed by atoms with E-state index in [4.69, 9.17) is 11.6 Å². The molecule has 2 heterocycles. The lowest BCUT2D eigenvalue weighted by molar-refractivity contribution is 0.717. The third kappa shape index (κ3) is 2.64. The zero-order valence-electron chi connectivity index (χ0n) is 9.53. The Kier molecular flexibility index (Phi) is 4.36. The Labute approximate surface area is 106 Å². The van der Waals surface area contributed by atoms with Gasteiger partial charge in [-0.1, -0.05) is 13.0 Å². The van der Waals surface area contributed by atoms with Crippen molar-refractivity contribution in [2.75, 3.05) is 23.7 Å². The zero-order chi connectivity index (χ0) is 11.4. The van der Waals surface area contributed by atoms with Crippen LogP contribution in [0, 0.1) is 0 Å². The van der Waals surface area contributed by atoms with Crippen molar-refractivity contribution in [3.05, 3.63) is 23.9 Å². The Balaban J connectivity index is 2.16. The summed E-state index contributed by atoms with van der Waals surface area (Å²) in [5.74, 6) is 2.82. The normalized spacial score (nSPS) is 21.1. The molecule has 0 aromatic carbocycles. The summed E-state index contributed by atoms with van der Waals surface area (Å²) >= 11 is 8.02. The summed E-state index contributed by atoms with van der Waals surface area (Å²) < 4.78 is 0. The molecule has 0 aliphatic carbocycles. The van der Waals surface area contributed by atoms with Crippen molar-refractivity contribution in [1.82, 2.24) is 4.98 Å². The Bertz CT molecular complexity index is 346. The van der Waals surface area contributed by atoms with Gasteiger partial charge in [-0.3, -0.25) is 0 Å². The second-order valence-electron chi connectivity index (χ2n) is 3.97. The van der Waals surface area contributed by atoms with Crippen molar-refractivity contribution in [2.45, 2.75) is 24.5 Å². The van der Waals surface area contributed by atoms with E-state index < -0.39 is 0 Å². The summed E-state index contributed by atoms with van der Waals surface area (Å²) in [6.07, 6.45) is 3.08. The number of halogens is 1. The van der Waals surface area contributed by atoms with Gasteiger partial charge in [-0.05, 0) is 12.5 Å². The lowest BCUT2D eigenvalue weighted by Gasteiger charge is -2.33. The van der Waals surface area contributed by atoms with Gasteiger partial charge < -0.3 is 4.90 Å². The first kappa shape index (κ1) is 12.1. The number of pyridine rings is 1. The fourth-order valence-corrected chi connectivity index (χ4v) is 3.37. The summed E-state index contributed by atoms with van der Waals surface area (Å²) in [6.45, 7) is 4.44. The fraction of sp³-hybridized carbons (Fsp3) is 0.583. The number of rotatable bonds is 3. The van der Waals surface area contributed by atoms with Crippen molar-refractivity contribution in [3.8, 4) is 0 Å². The van der Waals surface area contributed by atoms with Crippen LogP contribution in [0.1, 0.15) is 18.9 Å². The van der Waals surface area contributed by atoms with E-state index in [1.54, 1.807) is 0 Å². The van der Waals surface area contributed by atoms with Crippen LogP contribution in [0.4, 0.5) is 5.82 Å². The molecule has 0 spiro atoms. The van der Waals surface area contributed by atoms with E-state index in [2.05, 4.69) is 34.6 Å². The van der Waals surface area contributed by atoms with Gasteiger partial charge in [-0.25, -0.2) is 4.98 Å². The van der Waals surface area contributed by atoms with Gasteiger partial charge in [0.15, 0.2) is 0 Å². The van der Waals surface area contributed by atoms with Crippen LogP contribution in [0.15, 0.2) is 18.3 Å². The number of hydrogen-bond donors (Lipinski definition) is 0. The van der Waals surface area contributed by atoms with Crippen molar-refractivity contribution >= 4 is 29.2 Å². The maximum Gasteiger partial charge on any atom is 0.132 e. The predicted octanol–water partition coefficient (Wildman–Crippen LogP) is 3.15. The van der Waals surface area contributed by atoms with E-state index in [-0.39, 0.29) is 0 Å². The SMILES string of the molecule is CCC1CN(c2ncccc2CCl)CCS1. The van der Waals surface area contributed by atoms with Crippen LogP contribution in [0.5, 0.6) is 0 Å². The minimum absolute atomic E-state index is 0.545. The van der Waals surface area contributed by atoms with Crippen LogP contribution in [0.3, 0.4) is 0 Å². The summed E-state index contributed by atoms with van der Waals surface area (Å²) in [5.41, 5.74) is 1.14. The quantitative estimate of drug-likeness (QED) is 0.773. The van der Waals surface area contributed by atoms with E-state index in [9.17, 15) is 0 Å². The van der Waals surface area contributed by atoms with E-state index >= 15 is 0 Å². The third-order valence-corrected chi connectivity index (χ3v) is 4.57. The van der Waals surface area contributed by atoms with Gasteiger partial charge in [-0.15, -0.1) is 11.6 Å². The molecule has 16 heavy (non-hydrogen) atoms. The topological polar surface area (TPSA) is 16.1 Å². The number of thioether (sulfide) groups is 1. The van der Waals surface area contributed by atoms with Gasteiger partial charge in [0, 0.05) is 35.9 Å². The molecule has 1 unspecified atom stereocenters. The van der Waals surface area contributed by atoms with Crippen LogP contribution >= 0.6 is 23.4 Å². The van der Waals surface area contributed by atoms with Crippen molar-refractivity contribution in [3.63, 3.8) is 0 Å². The Morgan fingerprint density at radius 3 is 3.25 bits per heavy atom. The van der Waals surface area contributed by atoms with Crippen LogP contribution < -0.4 is 4.90 Å². The fourth-order valence-electron chi connectivity index (χ4n) is 1.98. The van der Waals surface area contributed by atoms with Crippen molar-refractivity contribution < 1.29 is 0 Å². The predicted molar refractivity (Wildman–Crippen MR) is 72.5 cm³/mol. The molecule has 88 valence electrons. The van der Waals surface area contributed by atoms with E-state index in [0.717, 1.165) is 29.7 Å². The second-order valence-corrected chi connectivity index (χ2v) is 5.64. The molecule has 0 radical (unpaired) electrons. The molecule has 2 nitrogen and oxygen atoms in total. The summed E-state index contributed by atoms with van der Waals surface area (Å²) in [7, 11) is 0. The molecular formula is C12H17ClN2S. The van der Waals surface area contributed by atoms with Gasteiger partial charge in [0.2, 0.25) is 0 Å². The highest BCUT2D eigenvalue weighted by molar-refractivity contribution is 8.00. The highest BCUT2D eigenvalue weighted by atomic mass is 35.5. The van der Waals surface area contributed by atoms with Crippen LogP contribution in [0.2, 0.25) is 0 Å². The first-order valence-corrected chi connectivity index (χ1v) is 7.30. The van der Waals surface area contributed by atoms with Crippen molar-refractivity contribution in [2.24, 2.45) is 0 Å². The number of nitrogens with zero attached hydrogens (tertiary/aromatic N) is 2. The highest BCUT2D eigenvalue weighted by Crippen LogP contribution is 2.27. The zero-order valence-corrected chi connectivity index (χ0v) is 11.1. The molecule has 1 atom stereocenters. The average molecular weight is 257 g/mol. The molecule has 0 N–H and O–H groups in total. The Hall–Kier alpha value is -0.410. The average Bonchev–Trinajstić information content (AvgIpc) is 2.38. The minimum atomic E-state index is 0.545. The molecule has 1 fully saturated rings. The second kappa shape index (κ2) is 5.78. The number of anilines is 1. The van der Waals surface area contributed by atoms with Crippen molar-refractivity contribution in [1.29, 1.82) is 0 Å². The molecule has 0 amide bonds. The van der Waals surface area contributed by atoms with Gasteiger partial charge in [0.25, 0.3) is 0 Å². The molecule has 1 aliphatic rings. The van der Waals surface area contributed by atoms with E-state index in [1.807, 2.05) is 12.3 Å². The maximum atomic E-state index is 5.95. The monoisotopic (exact) mass is 256 g/mol. The van der Waals surface area contributed by atoms with Crippen LogP contribution in [-0.4, -0.2) is 29.1 Å². The van der Waals surface area contributed by atoms with Crippen LogP contribution in [0.25, 0.3) is 0 Å². The summed E-state index contributed by atoms with van der Waals surface area (Å²) in [6, 6.07) is 4.02. The number of hydrogen-bond acceptors (Lipinski definition) is 3. The molecule has 1 aromatic rings. The molecule has 2 rings (SSSR count). The molecular weight excluding hydrogens is 240 g/mol. The number of alkyl halides is 1. The minimum Gasteiger partial charge on any atom is -0.354 e. The van der Waals surface area contributed by atoms with Gasteiger partial charge >= 0.3 is 0 Å². The Morgan fingerprint density at radius 1 is 1.62 bits per heavy atom. The smallest absolute Gasteiger partial charge is 0.132 e. The highest BCUT2D eigenvalue weighted by Gasteiger charge is 2.21. The lowest BCUT2D eigenvalue weighted by Crippen LogP contribution is -2.38. The van der Waals surface area contributed by atoms with Gasteiger partial charge in [0.1, 0.15) is 5.82 Å². The van der Waals surface area contributed by atoms with Gasteiger partial charge in [-0.2, -0.15) is 11.8 Å². The molecule has 1 aliphatic heterocycles. The Morgan fingerprint density at radius 2 is 2.50 bits per heavy atom. The third-order valence-electron chi connectivity index (χ3n) is 2.91. The first-order valence-electron chi connectivity index (χ1n) is 5.71. The molecule has 1 aromatic heterocycles. The van der Waals surface area contributed by atoms with E-state index in [0.29, 0.717) is 5.88 Å². The standard InChI is InChI=1S/C12H17ClN2S/c1-2-11-9-15(6-7-16-11)12-10(8-13)4-3-5-14-12/h3-5,11H,2,6-9H2,1H3. The summed E-state index contributed by atoms with van der Waals surface area (Å²) in [5, 5.41) is 0.735. The lowest BCUT2D eigenvalue weighted by atomic mass is 10.2. The molecule has 0 saturated carbocycles. The van der Waals surface area contributed by atoms with E-state index in [1.165, 1.54) is 12.2 Å². The first-order chi connectivity index (χ1) is 7.85. The molecule has 4 heteroatoms. The maximum absolute atomic E-state index is 5.95. The van der Waals surface area contributed by atoms with Gasteiger partial charge in [0.05, 0.1) is 5.88 Å². The number of aromatic nitrogens is 1. The largest absolute Gasteiger partial charge is 0.354 e.